The normalized spacial score (nSPS) is 19.1. The Kier molecular flexibility index (Phi) is 5.96. The molecule has 28 heavy (non-hydrogen) atoms. The van der Waals surface area contributed by atoms with Crippen LogP contribution in [-0.2, 0) is 0 Å². The lowest BCUT2D eigenvalue weighted by atomic mass is 9.90. The van der Waals surface area contributed by atoms with Crippen molar-refractivity contribution in [3.63, 3.8) is 0 Å². The Hall–Kier alpha value is -2.90. The van der Waals surface area contributed by atoms with Gasteiger partial charge in [-0.3, -0.25) is 4.90 Å². The molecule has 0 saturated heterocycles. The molecule has 0 unspecified atom stereocenters. The van der Waals surface area contributed by atoms with Gasteiger partial charge in [-0.1, -0.05) is 0 Å². The first-order valence-corrected chi connectivity index (χ1v) is 9.47. The molecule has 3 N–H and O–H groups in total. The molecule has 0 spiro atoms. The fourth-order valence-electron chi connectivity index (χ4n) is 3.74. The number of hydrogen-bond donors (Lipinski definition) is 2. The van der Waals surface area contributed by atoms with E-state index >= 15 is 0 Å². The number of aryl methyl sites for hydroxylation is 1. The largest absolute Gasteiger partial charge is 0.362 e. The Morgan fingerprint density at radius 2 is 1.82 bits per heavy atom. The number of aromatic nitrogens is 2. The third kappa shape index (κ3) is 4.49. The molecule has 0 atom stereocenters. The Bertz CT molecular complexity index is 818. The highest BCUT2D eigenvalue weighted by atomic mass is 19.1. The van der Waals surface area contributed by atoms with Gasteiger partial charge in [0.2, 0.25) is 5.95 Å². The standard InChI is InChI=1S/C20H27FN6O/c1-13-12-23-20(25-18(13)26(2)3)24-15-6-10-17(11-7-15)27(19(22)28)16-8-4-14(21)5-9-16/h4-5,8-9,12,15,17H,6-7,10-11H2,1-3H3,(H2,22,28)(H,23,24,25). The fourth-order valence-corrected chi connectivity index (χ4v) is 3.74. The molecular formula is C20H27FN6O. The van der Waals surface area contributed by atoms with E-state index in [0.717, 1.165) is 37.1 Å². The van der Waals surface area contributed by atoms with E-state index in [1.807, 2.05) is 32.1 Å². The number of nitrogens with two attached hydrogens (primary N) is 1. The summed E-state index contributed by atoms with van der Waals surface area (Å²) in [7, 11) is 3.91. The molecule has 2 amide bonds. The summed E-state index contributed by atoms with van der Waals surface area (Å²) in [6.07, 6.45) is 5.14. The molecule has 1 heterocycles. The summed E-state index contributed by atoms with van der Waals surface area (Å²) in [5.74, 6) is 1.17. The molecule has 1 aliphatic carbocycles. The molecule has 1 saturated carbocycles. The van der Waals surface area contributed by atoms with Crippen molar-refractivity contribution >= 4 is 23.5 Å². The maximum atomic E-state index is 13.2. The first-order chi connectivity index (χ1) is 13.3. The zero-order valence-electron chi connectivity index (χ0n) is 16.5. The molecule has 0 aliphatic heterocycles. The predicted molar refractivity (Wildman–Crippen MR) is 109 cm³/mol. The molecule has 7 nitrogen and oxygen atoms in total. The van der Waals surface area contributed by atoms with Crippen LogP contribution in [0.2, 0.25) is 0 Å². The summed E-state index contributed by atoms with van der Waals surface area (Å²) in [5, 5.41) is 3.41. The van der Waals surface area contributed by atoms with Gasteiger partial charge in [0.25, 0.3) is 0 Å². The maximum absolute atomic E-state index is 13.2. The van der Waals surface area contributed by atoms with Gasteiger partial charge in [-0.2, -0.15) is 4.98 Å². The Labute approximate surface area is 164 Å². The van der Waals surface area contributed by atoms with Crippen molar-refractivity contribution < 1.29 is 9.18 Å². The number of carbonyl (C=O) groups excluding carboxylic acids is 1. The van der Waals surface area contributed by atoms with E-state index in [1.165, 1.54) is 12.1 Å². The van der Waals surface area contributed by atoms with Crippen molar-refractivity contribution in [1.82, 2.24) is 9.97 Å². The second-order valence-electron chi connectivity index (χ2n) is 7.43. The van der Waals surface area contributed by atoms with Crippen molar-refractivity contribution in [2.45, 2.75) is 44.7 Å². The molecule has 0 bridgehead atoms. The highest BCUT2D eigenvalue weighted by Crippen LogP contribution is 2.29. The number of amides is 2. The highest BCUT2D eigenvalue weighted by Gasteiger charge is 2.29. The summed E-state index contributed by atoms with van der Waals surface area (Å²) in [6, 6.07) is 5.58. The molecule has 1 fully saturated rings. The number of hydrogen-bond acceptors (Lipinski definition) is 5. The molecule has 8 heteroatoms. The molecule has 3 rings (SSSR count). The molecule has 1 aliphatic rings. The van der Waals surface area contributed by atoms with Gasteiger partial charge in [0.05, 0.1) is 0 Å². The van der Waals surface area contributed by atoms with Crippen LogP contribution in [0.1, 0.15) is 31.2 Å². The van der Waals surface area contributed by atoms with Crippen molar-refractivity contribution in [3.8, 4) is 0 Å². The van der Waals surface area contributed by atoms with E-state index in [9.17, 15) is 9.18 Å². The highest BCUT2D eigenvalue weighted by molar-refractivity contribution is 5.91. The summed E-state index contributed by atoms with van der Waals surface area (Å²) >= 11 is 0. The Morgan fingerprint density at radius 1 is 1.18 bits per heavy atom. The van der Waals surface area contributed by atoms with Crippen LogP contribution in [0, 0.1) is 12.7 Å². The van der Waals surface area contributed by atoms with E-state index < -0.39 is 6.03 Å². The topological polar surface area (TPSA) is 87.4 Å². The van der Waals surface area contributed by atoms with Crippen molar-refractivity contribution in [3.05, 3.63) is 41.8 Å². The van der Waals surface area contributed by atoms with Crippen molar-refractivity contribution in [2.24, 2.45) is 5.73 Å². The summed E-state index contributed by atoms with van der Waals surface area (Å²) < 4.78 is 13.2. The van der Waals surface area contributed by atoms with E-state index in [2.05, 4.69) is 15.3 Å². The summed E-state index contributed by atoms with van der Waals surface area (Å²) in [6.45, 7) is 1.98. The average molecular weight is 386 g/mol. The van der Waals surface area contributed by atoms with E-state index in [0.29, 0.717) is 11.6 Å². The number of nitrogens with zero attached hydrogens (tertiary/aromatic N) is 4. The van der Waals surface area contributed by atoms with Gasteiger partial charge in [-0.15, -0.1) is 0 Å². The third-order valence-electron chi connectivity index (χ3n) is 5.11. The maximum Gasteiger partial charge on any atom is 0.319 e. The van der Waals surface area contributed by atoms with Gasteiger partial charge < -0.3 is 16.0 Å². The quantitative estimate of drug-likeness (QED) is 0.823. The van der Waals surface area contributed by atoms with E-state index in [4.69, 9.17) is 5.73 Å². The zero-order valence-corrected chi connectivity index (χ0v) is 16.5. The number of rotatable bonds is 5. The van der Waals surface area contributed by atoms with Gasteiger partial charge in [0.15, 0.2) is 0 Å². The zero-order chi connectivity index (χ0) is 20.3. The first kappa shape index (κ1) is 19.9. The predicted octanol–water partition coefficient (Wildman–Crippen LogP) is 3.30. The summed E-state index contributed by atoms with van der Waals surface area (Å²) in [5.41, 5.74) is 7.26. The number of anilines is 3. The smallest absolute Gasteiger partial charge is 0.319 e. The molecular weight excluding hydrogens is 359 g/mol. The Morgan fingerprint density at radius 3 is 2.39 bits per heavy atom. The first-order valence-electron chi connectivity index (χ1n) is 9.47. The number of primary amides is 1. The van der Waals surface area contributed by atoms with Gasteiger partial charge in [0.1, 0.15) is 11.6 Å². The summed E-state index contributed by atoms with van der Waals surface area (Å²) in [4.78, 5) is 24.5. The molecule has 2 aromatic rings. The Balaban J connectivity index is 1.64. The van der Waals surface area contributed by atoms with Crippen LogP contribution in [0.3, 0.4) is 0 Å². The second-order valence-corrected chi connectivity index (χ2v) is 7.43. The SMILES string of the molecule is Cc1cnc(NC2CCC(N(C(N)=O)c3ccc(F)cc3)CC2)nc1N(C)C. The minimum atomic E-state index is -0.513. The molecule has 0 radical (unpaired) electrons. The minimum Gasteiger partial charge on any atom is -0.362 e. The van der Waals surface area contributed by atoms with E-state index in [1.54, 1.807) is 17.0 Å². The van der Waals surface area contributed by atoms with Crippen LogP contribution >= 0.6 is 0 Å². The van der Waals surface area contributed by atoms with Gasteiger partial charge in [-0.05, 0) is 56.9 Å². The van der Waals surface area contributed by atoms with Crippen molar-refractivity contribution in [2.75, 3.05) is 29.2 Å². The van der Waals surface area contributed by atoms with Gasteiger partial charge in [-0.25, -0.2) is 14.2 Å². The lowest BCUT2D eigenvalue weighted by Crippen LogP contribution is -2.46. The number of nitrogens with one attached hydrogen (secondary N) is 1. The van der Waals surface area contributed by atoms with Crippen LogP contribution in [0.15, 0.2) is 30.5 Å². The minimum absolute atomic E-state index is 0.00252. The molecule has 150 valence electrons. The molecule has 1 aromatic carbocycles. The monoisotopic (exact) mass is 386 g/mol. The average Bonchev–Trinajstić information content (AvgIpc) is 2.66. The van der Waals surface area contributed by atoms with Crippen LogP contribution < -0.4 is 20.9 Å². The van der Waals surface area contributed by atoms with E-state index in [-0.39, 0.29) is 17.9 Å². The number of carbonyl (C=O) groups is 1. The fraction of sp³-hybridized carbons (Fsp3) is 0.450. The van der Waals surface area contributed by atoms with Crippen LogP contribution in [-0.4, -0.2) is 42.2 Å². The third-order valence-corrected chi connectivity index (χ3v) is 5.11. The van der Waals surface area contributed by atoms with Gasteiger partial charge >= 0.3 is 6.03 Å². The number of urea groups is 1. The van der Waals surface area contributed by atoms with Crippen molar-refractivity contribution in [1.29, 1.82) is 0 Å². The molecule has 1 aromatic heterocycles. The number of benzene rings is 1. The second kappa shape index (κ2) is 8.41. The lowest BCUT2D eigenvalue weighted by Gasteiger charge is -2.36. The van der Waals surface area contributed by atoms with Crippen LogP contribution in [0.25, 0.3) is 0 Å². The van der Waals surface area contributed by atoms with Gasteiger partial charge in [0, 0.05) is 43.6 Å². The number of halogens is 1. The van der Waals surface area contributed by atoms with Crippen LogP contribution in [0.5, 0.6) is 0 Å². The van der Waals surface area contributed by atoms with Crippen LogP contribution in [0.4, 0.5) is 26.6 Å². The lowest BCUT2D eigenvalue weighted by molar-refractivity contribution is 0.248.